The van der Waals surface area contributed by atoms with Crippen LogP contribution in [-0.4, -0.2) is 29.1 Å². The van der Waals surface area contributed by atoms with Crippen molar-refractivity contribution in [2.75, 3.05) is 11.4 Å². The third-order valence-electron chi connectivity index (χ3n) is 4.47. The average molecular weight is 439 g/mol. The lowest BCUT2D eigenvalue weighted by atomic mass is 10.0. The molecule has 3 rings (SSSR count). The number of halogens is 2. The maximum absolute atomic E-state index is 14.3. The predicted octanol–water partition coefficient (Wildman–Crippen LogP) is 5.33. The first-order valence-electron chi connectivity index (χ1n) is 9.92. The smallest absolute Gasteiger partial charge is 0.326 e. The Morgan fingerprint density at radius 1 is 0.906 bits per heavy atom. The van der Waals surface area contributed by atoms with Crippen molar-refractivity contribution < 1.29 is 28.2 Å². The number of ether oxygens (including phenoxy) is 1. The summed E-state index contributed by atoms with van der Waals surface area (Å²) >= 11 is 0. The van der Waals surface area contributed by atoms with Crippen molar-refractivity contribution in [1.82, 2.24) is 0 Å². The van der Waals surface area contributed by atoms with Crippen LogP contribution in [0.15, 0.2) is 66.7 Å². The Labute approximate surface area is 184 Å². The van der Waals surface area contributed by atoms with Crippen LogP contribution in [0.25, 0.3) is 11.1 Å². The molecule has 1 amide bonds. The lowest BCUT2D eigenvalue weighted by molar-refractivity contribution is -0.152. The standard InChI is InChI=1S/C25H23F2NO4/c1-25(2,3)32-22(30)15-28(24(31)23-20(26)11-6-12-21(23)27)18-9-4-7-16(13-18)17-8-5-10-19(29)14-17/h4-14,29H,15H2,1-3H3. The van der Waals surface area contributed by atoms with E-state index in [0.29, 0.717) is 11.1 Å². The van der Waals surface area contributed by atoms with Gasteiger partial charge in [-0.1, -0.05) is 30.3 Å². The van der Waals surface area contributed by atoms with Crippen LogP contribution < -0.4 is 4.90 Å². The summed E-state index contributed by atoms with van der Waals surface area (Å²) in [4.78, 5) is 26.7. The Kier molecular flexibility index (Phi) is 6.58. The minimum absolute atomic E-state index is 0.0584. The zero-order valence-corrected chi connectivity index (χ0v) is 17.9. The molecule has 7 heteroatoms. The van der Waals surface area contributed by atoms with Crippen molar-refractivity contribution >= 4 is 17.6 Å². The van der Waals surface area contributed by atoms with Crippen molar-refractivity contribution in [3.05, 3.63) is 83.9 Å². The number of rotatable bonds is 5. The molecule has 166 valence electrons. The van der Waals surface area contributed by atoms with Gasteiger partial charge in [0, 0.05) is 5.69 Å². The van der Waals surface area contributed by atoms with Gasteiger partial charge in [-0.25, -0.2) is 8.78 Å². The fourth-order valence-corrected chi connectivity index (χ4v) is 3.16. The summed E-state index contributed by atoms with van der Waals surface area (Å²) in [7, 11) is 0. The summed E-state index contributed by atoms with van der Waals surface area (Å²) in [6.07, 6.45) is 0. The van der Waals surface area contributed by atoms with Gasteiger partial charge in [-0.2, -0.15) is 0 Å². The van der Waals surface area contributed by atoms with Crippen LogP contribution in [-0.2, 0) is 9.53 Å². The Bertz CT molecular complexity index is 1130. The third kappa shape index (κ3) is 5.49. The number of aromatic hydroxyl groups is 1. The monoisotopic (exact) mass is 439 g/mol. The zero-order valence-electron chi connectivity index (χ0n) is 17.9. The van der Waals surface area contributed by atoms with Gasteiger partial charge in [-0.3, -0.25) is 14.5 Å². The van der Waals surface area contributed by atoms with E-state index in [2.05, 4.69) is 0 Å². The molecule has 0 unspecified atom stereocenters. The van der Waals surface area contributed by atoms with E-state index in [-0.39, 0.29) is 11.4 Å². The van der Waals surface area contributed by atoms with Gasteiger partial charge in [0.15, 0.2) is 0 Å². The fraction of sp³-hybridized carbons (Fsp3) is 0.200. The summed E-state index contributed by atoms with van der Waals surface area (Å²) in [5, 5.41) is 9.77. The first kappa shape index (κ1) is 22.9. The maximum Gasteiger partial charge on any atom is 0.326 e. The molecule has 3 aromatic rings. The van der Waals surface area contributed by atoms with Crippen LogP contribution in [0, 0.1) is 11.6 Å². The summed E-state index contributed by atoms with van der Waals surface area (Å²) in [6, 6.07) is 16.1. The second-order valence-electron chi connectivity index (χ2n) is 8.18. The molecule has 0 radical (unpaired) electrons. The highest BCUT2D eigenvalue weighted by molar-refractivity contribution is 6.09. The minimum Gasteiger partial charge on any atom is -0.508 e. The molecule has 0 heterocycles. The quantitative estimate of drug-likeness (QED) is 0.546. The zero-order chi connectivity index (χ0) is 23.5. The number of nitrogens with zero attached hydrogens (tertiary/aromatic N) is 1. The molecule has 0 atom stereocenters. The number of carbonyl (C=O) groups is 2. The lowest BCUT2D eigenvalue weighted by Gasteiger charge is -2.26. The molecular formula is C25H23F2NO4. The molecule has 3 aromatic carbocycles. The van der Waals surface area contributed by atoms with Crippen LogP contribution in [0.3, 0.4) is 0 Å². The van der Waals surface area contributed by atoms with Crippen molar-refractivity contribution in [1.29, 1.82) is 0 Å². The molecule has 0 aromatic heterocycles. The van der Waals surface area contributed by atoms with Crippen molar-refractivity contribution in [3.63, 3.8) is 0 Å². The van der Waals surface area contributed by atoms with Gasteiger partial charge in [0.25, 0.3) is 5.91 Å². The van der Waals surface area contributed by atoms with Crippen LogP contribution in [0.2, 0.25) is 0 Å². The number of hydrogen-bond donors (Lipinski definition) is 1. The Balaban J connectivity index is 2.05. The van der Waals surface area contributed by atoms with Gasteiger partial charge in [0.2, 0.25) is 0 Å². The Morgan fingerprint density at radius 3 is 2.06 bits per heavy atom. The van der Waals surface area contributed by atoms with E-state index in [0.717, 1.165) is 23.1 Å². The first-order chi connectivity index (χ1) is 15.0. The van der Waals surface area contributed by atoms with E-state index < -0.39 is 41.2 Å². The molecule has 0 fully saturated rings. The number of esters is 1. The van der Waals surface area contributed by atoms with E-state index in [1.165, 1.54) is 12.1 Å². The molecule has 5 nitrogen and oxygen atoms in total. The minimum atomic E-state index is -1.03. The molecule has 0 aliphatic carbocycles. The van der Waals surface area contributed by atoms with Gasteiger partial charge in [0.1, 0.15) is 35.1 Å². The van der Waals surface area contributed by atoms with Crippen LogP contribution >= 0.6 is 0 Å². The van der Waals surface area contributed by atoms with Gasteiger partial charge >= 0.3 is 5.97 Å². The van der Waals surface area contributed by atoms with E-state index in [9.17, 15) is 23.5 Å². The number of phenolic OH excluding ortho intramolecular Hbond substituents is 1. The van der Waals surface area contributed by atoms with E-state index in [4.69, 9.17) is 4.74 Å². The van der Waals surface area contributed by atoms with Gasteiger partial charge < -0.3 is 9.84 Å². The largest absolute Gasteiger partial charge is 0.508 e. The average Bonchev–Trinajstić information content (AvgIpc) is 2.70. The fourth-order valence-electron chi connectivity index (χ4n) is 3.16. The number of amides is 1. The van der Waals surface area contributed by atoms with E-state index in [1.54, 1.807) is 57.2 Å². The number of phenols is 1. The van der Waals surface area contributed by atoms with E-state index >= 15 is 0 Å². The van der Waals surface area contributed by atoms with Crippen molar-refractivity contribution in [2.45, 2.75) is 26.4 Å². The lowest BCUT2D eigenvalue weighted by Crippen LogP contribution is -2.39. The maximum atomic E-state index is 14.3. The third-order valence-corrected chi connectivity index (χ3v) is 4.47. The molecule has 0 saturated carbocycles. The van der Waals surface area contributed by atoms with Gasteiger partial charge in [-0.15, -0.1) is 0 Å². The first-order valence-corrected chi connectivity index (χ1v) is 9.92. The topological polar surface area (TPSA) is 66.8 Å². The number of anilines is 1. The highest BCUT2D eigenvalue weighted by Crippen LogP contribution is 2.28. The van der Waals surface area contributed by atoms with E-state index in [1.807, 2.05) is 0 Å². The number of benzene rings is 3. The van der Waals surface area contributed by atoms with Crippen molar-refractivity contribution in [2.24, 2.45) is 0 Å². The second-order valence-corrected chi connectivity index (χ2v) is 8.18. The Morgan fingerprint density at radius 2 is 1.47 bits per heavy atom. The molecule has 32 heavy (non-hydrogen) atoms. The molecule has 0 bridgehead atoms. The highest BCUT2D eigenvalue weighted by Gasteiger charge is 2.28. The summed E-state index contributed by atoms with van der Waals surface area (Å²) in [6.45, 7) is 4.48. The van der Waals surface area contributed by atoms with Crippen LogP contribution in [0.5, 0.6) is 5.75 Å². The van der Waals surface area contributed by atoms with Crippen molar-refractivity contribution in [3.8, 4) is 16.9 Å². The van der Waals surface area contributed by atoms with Crippen LogP contribution in [0.1, 0.15) is 31.1 Å². The van der Waals surface area contributed by atoms with Gasteiger partial charge in [0.05, 0.1) is 0 Å². The molecular weight excluding hydrogens is 416 g/mol. The highest BCUT2D eigenvalue weighted by atomic mass is 19.1. The number of carbonyl (C=O) groups excluding carboxylic acids is 2. The second kappa shape index (κ2) is 9.18. The molecule has 0 saturated heterocycles. The van der Waals surface area contributed by atoms with Gasteiger partial charge in [-0.05, 0) is 68.3 Å². The summed E-state index contributed by atoms with van der Waals surface area (Å²) in [5.41, 5.74) is -0.0375. The predicted molar refractivity (Wildman–Crippen MR) is 117 cm³/mol. The summed E-state index contributed by atoms with van der Waals surface area (Å²) < 4.78 is 34.0. The summed E-state index contributed by atoms with van der Waals surface area (Å²) in [5.74, 6) is -3.76. The molecule has 0 spiro atoms. The Hall–Kier alpha value is -3.74. The molecule has 0 aliphatic rings. The number of hydrogen-bond acceptors (Lipinski definition) is 4. The van der Waals surface area contributed by atoms with Crippen LogP contribution in [0.4, 0.5) is 14.5 Å². The SMILES string of the molecule is CC(C)(C)OC(=O)CN(C(=O)c1c(F)cccc1F)c1cccc(-c2cccc(O)c2)c1. The normalized spacial score (nSPS) is 11.2. The molecule has 1 N–H and O–H groups in total. The molecule has 0 aliphatic heterocycles.